The fourth-order valence-electron chi connectivity index (χ4n) is 1.61. The first-order valence-electron chi connectivity index (χ1n) is 5.13. The highest BCUT2D eigenvalue weighted by molar-refractivity contribution is 6.32. The SMILES string of the molecule is Cc1ncn(-c2ccc(CN)cc2Cl)c1C. The van der Waals surface area contributed by atoms with Crippen LogP contribution < -0.4 is 5.73 Å². The molecule has 0 amide bonds. The van der Waals surface area contributed by atoms with Crippen molar-refractivity contribution in [2.75, 3.05) is 0 Å². The second kappa shape index (κ2) is 4.28. The number of benzene rings is 1. The minimum absolute atomic E-state index is 0.502. The maximum absolute atomic E-state index is 6.22. The van der Waals surface area contributed by atoms with Gasteiger partial charge in [-0.05, 0) is 31.5 Å². The number of halogens is 1. The van der Waals surface area contributed by atoms with Crippen molar-refractivity contribution in [1.82, 2.24) is 9.55 Å². The van der Waals surface area contributed by atoms with Crippen molar-refractivity contribution in [2.45, 2.75) is 20.4 Å². The van der Waals surface area contributed by atoms with Crippen molar-refractivity contribution in [1.29, 1.82) is 0 Å². The van der Waals surface area contributed by atoms with E-state index in [4.69, 9.17) is 17.3 Å². The zero-order valence-corrected chi connectivity index (χ0v) is 10.1. The van der Waals surface area contributed by atoms with E-state index in [0.29, 0.717) is 11.6 Å². The van der Waals surface area contributed by atoms with E-state index in [0.717, 1.165) is 22.6 Å². The molecule has 16 heavy (non-hydrogen) atoms. The predicted octanol–water partition coefficient (Wildman–Crippen LogP) is 2.60. The molecule has 0 fully saturated rings. The molecule has 0 atom stereocenters. The molecule has 3 nitrogen and oxygen atoms in total. The lowest BCUT2D eigenvalue weighted by atomic mass is 10.2. The van der Waals surface area contributed by atoms with Crippen LogP contribution in [0.15, 0.2) is 24.5 Å². The van der Waals surface area contributed by atoms with Crippen LogP contribution in [0.5, 0.6) is 0 Å². The third-order valence-corrected chi connectivity index (χ3v) is 3.06. The van der Waals surface area contributed by atoms with Gasteiger partial charge in [-0.3, -0.25) is 0 Å². The molecule has 0 aliphatic carbocycles. The zero-order valence-electron chi connectivity index (χ0n) is 9.37. The molecule has 1 heterocycles. The van der Waals surface area contributed by atoms with Gasteiger partial charge in [-0.2, -0.15) is 0 Å². The summed E-state index contributed by atoms with van der Waals surface area (Å²) >= 11 is 6.22. The van der Waals surface area contributed by atoms with E-state index in [1.807, 2.05) is 36.6 Å². The molecule has 0 aliphatic heterocycles. The summed E-state index contributed by atoms with van der Waals surface area (Å²) in [6.45, 7) is 4.51. The van der Waals surface area contributed by atoms with Crippen LogP contribution in [0.25, 0.3) is 5.69 Å². The summed E-state index contributed by atoms with van der Waals surface area (Å²) in [6.07, 6.45) is 1.79. The number of aryl methyl sites for hydroxylation is 1. The summed E-state index contributed by atoms with van der Waals surface area (Å²) in [5, 5.41) is 0.698. The quantitative estimate of drug-likeness (QED) is 0.870. The maximum Gasteiger partial charge on any atom is 0.0997 e. The van der Waals surface area contributed by atoms with Crippen LogP contribution >= 0.6 is 11.6 Å². The van der Waals surface area contributed by atoms with Crippen molar-refractivity contribution < 1.29 is 0 Å². The molecule has 2 N–H and O–H groups in total. The van der Waals surface area contributed by atoms with E-state index in [-0.39, 0.29) is 0 Å². The van der Waals surface area contributed by atoms with Crippen molar-refractivity contribution in [3.63, 3.8) is 0 Å². The molecule has 0 unspecified atom stereocenters. The molecule has 0 aliphatic rings. The van der Waals surface area contributed by atoms with Crippen molar-refractivity contribution in [2.24, 2.45) is 5.73 Å². The van der Waals surface area contributed by atoms with Gasteiger partial charge in [0.05, 0.1) is 22.7 Å². The summed E-state index contributed by atoms with van der Waals surface area (Å²) in [5.74, 6) is 0. The topological polar surface area (TPSA) is 43.8 Å². The Hall–Kier alpha value is -1.32. The number of nitrogens with two attached hydrogens (primary N) is 1. The van der Waals surface area contributed by atoms with E-state index in [2.05, 4.69) is 4.98 Å². The number of hydrogen-bond acceptors (Lipinski definition) is 2. The van der Waals surface area contributed by atoms with Gasteiger partial charge in [-0.1, -0.05) is 17.7 Å². The summed E-state index contributed by atoms with van der Waals surface area (Å²) < 4.78 is 1.98. The lowest BCUT2D eigenvalue weighted by Gasteiger charge is -2.09. The van der Waals surface area contributed by atoms with Gasteiger partial charge in [0, 0.05) is 12.2 Å². The Morgan fingerprint density at radius 3 is 2.62 bits per heavy atom. The van der Waals surface area contributed by atoms with Gasteiger partial charge in [0.15, 0.2) is 0 Å². The monoisotopic (exact) mass is 235 g/mol. The molecule has 0 saturated heterocycles. The summed E-state index contributed by atoms with van der Waals surface area (Å²) in [6, 6.07) is 5.85. The van der Waals surface area contributed by atoms with Crippen LogP contribution in [0.3, 0.4) is 0 Å². The van der Waals surface area contributed by atoms with E-state index in [1.165, 1.54) is 0 Å². The predicted molar refractivity (Wildman–Crippen MR) is 65.9 cm³/mol. The third-order valence-electron chi connectivity index (χ3n) is 2.76. The van der Waals surface area contributed by atoms with Crippen molar-refractivity contribution >= 4 is 11.6 Å². The fourth-order valence-corrected chi connectivity index (χ4v) is 1.91. The average molecular weight is 236 g/mol. The Balaban J connectivity index is 2.52. The Kier molecular flexibility index (Phi) is 2.99. The van der Waals surface area contributed by atoms with Gasteiger partial charge in [-0.15, -0.1) is 0 Å². The lowest BCUT2D eigenvalue weighted by molar-refractivity contribution is 0.993. The summed E-state index contributed by atoms with van der Waals surface area (Å²) in [7, 11) is 0. The summed E-state index contributed by atoms with van der Waals surface area (Å²) in [4.78, 5) is 4.26. The van der Waals surface area contributed by atoms with Crippen LogP contribution in [0.2, 0.25) is 5.02 Å². The van der Waals surface area contributed by atoms with E-state index in [9.17, 15) is 0 Å². The van der Waals surface area contributed by atoms with Gasteiger partial charge >= 0.3 is 0 Å². The number of aromatic nitrogens is 2. The maximum atomic E-state index is 6.22. The van der Waals surface area contributed by atoms with Gasteiger partial charge < -0.3 is 10.3 Å². The molecule has 2 rings (SSSR count). The van der Waals surface area contributed by atoms with Gasteiger partial charge in [0.1, 0.15) is 0 Å². The first-order valence-corrected chi connectivity index (χ1v) is 5.50. The van der Waals surface area contributed by atoms with Crippen molar-refractivity contribution in [3.05, 3.63) is 46.5 Å². The highest BCUT2D eigenvalue weighted by Crippen LogP contribution is 2.23. The van der Waals surface area contributed by atoms with Crippen LogP contribution in [-0.2, 0) is 6.54 Å². The fraction of sp³-hybridized carbons (Fsp3) is 0.250. The molecule has 4 heteroatoms. The highest BCUT2D eigenvalue weighted by Gasteiger charge is 2.08. The number of hydrogen-bond donors (Lipinski definition) is 1. The van der Waals surface area contributed by atoms with Crippen LogP contribution in [0, 0.1) is 13.8 Å². The summed E-state index contributed by atoms with van der Waals surface area (Å²) in [5.41, 5.74) is 9.65. The smallest absolute Gasteiger partial charge is 0.0997 e. The molecular formula is C12H14ClN3. The minimum Gasteiger partial charge on any atom is -0.326 e. The average Bonchev–Trinajstić information content (AvgIpc) is 2.60. The Morgan fingerprint density at radius 2 is 2.12 bits per heavy atom. The van der Waals surface area contributed by atoms with Crippen LogP contribution in [0.1, 0.15) is 17.0 Å². The van der Waals surface area contributed by atoms with Gasteiger partial charge in [-0.25, -0.2) is 4.98 Å². The molecular weight excluding hydrogens is 222 g/mol. The molecule has 2 aromatic rings. The normalized spacial score (nSPS) is 10.8. The first-order chi connectivity index (χ1) is 7.63. The number of imidazole rings is 1. The molecule has 84 valence electrons. The van der Waals surface area contributed by atoms with Crippen LogP contribution in [-0.4, -0.2) is 9.55 Å². The highest BCUT2D eigenvalue weighted by atomic mass is 35.5. The molecule has 1 aromatic heterocycles. The van der Waals surface area contributed by atoms with Gasteiger partial charge in [0.25, 0.3) is 0 Å². The minimum atomic E-state index is 0.502. The largest absolute Gasteiger partial charge is 0.326 e. The number of nitrogens with zero attached hydrogens (tertiary/aromatic N) is 2. The third kappa shape index (κ3) is 1.84. The molecule has 0 saturated carbocycles. The molecule has 0 spiro atoms. The van der Waals surface area contributed by atoms with Crippen molar-refractivity contribution in [3.8, 4) is 5.69 Å². The second-order valence-corrected chi connectivity index (χ2v) is 4.18. The zero-order chi connectivity index (χ0) is 11.7. The lowest BCUT2D eigenvalue weighted by Crippen LogP contribution is -2.00. The molecule has 0 radical (unpaired) electrons. The second-order valence-electron chi connectivity index (χ2n) is 3.78. The first kappa shape index (κ1) is 11.2. The van der Waals surface area contributed by atoms with E-state index < -0.39 is 0 Å². The van der Waals surface area contributed by atoms with E-state index >= 15 is 0 Å². The molecule has 0 bridgehead atoms. The van der Waals surface area contributed by atoms with Gasteiger partial charge in [0.2, 0.25) is 0 Å². The Labute approximate surface area is 99.9 Å². The van der Waals surface area contributed by atoms with E-state index in [1.54, 1.807) is 6.33 Å². The Bertz CT molecular complexity index is 517. The standard InChI is InChI=1S/C12H14ClN3/c1-8-9(2)16(7-15-8)12-4-3-10(6-14)5-11(12)13/h3-5,7H,6,14H2,1-2H3. The number of rotatable bonds is 2. The Morgan fingerprint density at radius 1 is 1.38 bits per heavy atom. The molecule has 1 aromatic carbocycles. The van der Waals surface area contributed by atoms with Crippen LogP contribution in [0.4, 0.5) is 0 Å².